The third-order valence-corrected chi connectivity index (χ3v) is 6.03. The highest BCUT2D eigenvalue weighted by Gasteiger charge is 2.33. The molecule has 0 fully saturated rings. The quantitative estimate of drug-likeness (QED) is 0.435. The van der Waals surface area contributed by atoms with Crippen LogP contribution in [0.2, 0.25) is 0 Å². The van der Waals surface area contributed by atoms with E-state index in [0.717, 1.165) is 23.0 Å². The average Bonchev–Trinajstić information content (AvgIpc) is 3.39. The molecule has 4 aromatic rings. The summed E-state index contributed by atoms with van der Waals surface area (Å²) < 4.78 is 40.3. The van der Waals surface area contributed by atoms with Gasteiger partial charge in [-0.3, -0.25) is 14.3 Å². The van der Waals surface area contributed by atoms with Crippen LogP contribution < -0.4 is 10.6 Å². The number of alkyl halides is 3. The number of hydrogen-bond donors (Lipinski definition) is 2. The van der Waals surface area contributed by atoms with Gasteiger partial charge < -0.3 is 10.6 Å². The molecule has 0 spiro atoms. The van der Waals surface area contributed by atoms with E-state index in [0.29, 0.717) is 21.5 Å². The predicted octanol–water partition coefficient (Wildman–Crippen LogP) is 4.39. The molecule has 0 aliphatic rings. The lowest BCUT2D eigenvalue weighted by Crippen LogP contribution is -2.23. The van der Waals surface area contributed by atoms with E-state index in [2.05, 4.69) is 20.7 Å². The summed E-state index contributed by atoms with van der Waals surface area (Å²) in [5.41, 5.74) is 0.903. The molecule has 0 bridgehead atoms. The van der Waals surface area contributed by atoms with Crippen LogP contribution in [0.3, 0.4) is 0 Å². The maximum absolute atomic E-state index is 12.9. The second-order valence-electron chi connectivity index (χ2n) is 7.24. The summed E-state index contributed by atoms with van der Waals surface area (Å²) in [4.78, 5) is 29.0. The number of thiophene rings is 1. The summed E-state index contributed by atoms with van der Waals surface area (Å²) in [6.45, 7) is 1.93. The van der Waals surface area contributed by atoms with Crippen molar-refractivity contribution >= 4 is 39.1 Å². The van der Waals surface area contributed by atoms with E-state index >= 15 is 0 Å². The molecule has 0 atom stereocenters. The van der Waals surface area contributed by atoms with Crippen molar-refractivity contribution in [3.8, 4) is 0 Å². The first kappa shape index (κ1) is 22.5. The Morgan fingerprint density at radius 1 is 1.15 bits per heavy atom. The molecule has 7 nitrogen and oxygen atoms in total. The van der Waals surface area contributed by atoms with Gasteiger partial charge in [-0.15, -0.1) is 11.3 Å². The Morgan fingerprint density at radius 2 is 1.97 bits per heavy atom. The number of pyridine rings is 1. The summed E-state index contributed by atoms with van der Waals surface area (Å²) in [6, 6.07) is 11.0. The van der Waals surface area contributed by atoms with E-state index in [1.807, 2.05) is 0 Å². The maximum Gasteiger partial charge on any atom is 0.433 e. The first-order valence-electron chi connectivity index (χ1n) is 9.82. The predicted molar refractivity (Wildman–Crippen MR) is 118 cm³/mol. The second kappa shape index (κ2) is 9.02. The Kier molecular flexibility index (Phi) is 6.14. The molecule has 11 heteroatoms. The third kappa shape index (κ3) is 5.20. The van der Waals surface area contributed by atoms with Crippen LogP contribution in [0.25, 0.3) is 10.2 Å². The number of rotatable bonds is 6. The monoisotopic (exact) mass is 473 g/mol. The van der Waals surface area contributed by atoms with Gasteiger partial charge in [0.15, 0.2) is 0 Å². The molecule has 3 heterocycles. The lowest BCUT2D eigenvalue weighted by Gasteiger charge is -2.09. The Bertz CT molecular complexity index is 1320. The number of fused-ring (bicyclic) bond motifs is 1. The molecule has 0 unspecified atom stereocenters. The van der Waals surface area contributed by atoms with Gasteiger partial charge in [-0.05, 0) is 48.4 Å². The Balaban J connectivity index is 1.42. The number of nitrogens with zero attached hydrogens (tertiary/aromatic N) is 3. The zero-order chi connectivity index (χ0) is 23.6. The van der Waals surface area contributed by atoms with E-state index in [1.54, 1.807) is 49.6 Å². The number of halogens is 3. The van der Waals surface area contributed by atoms with Crippen LogP contribution in [0, 0.1) is 6.92 Å². The first-order chi connectivity index (χ1) is 15.7. The van der Waals surface area contributed by atoms with E-state index in [4.69, 9.17) is 0 Å². The van der Waals surface area contributed by atoms with Crippen molar-refractivity contribution in [2.45, 2.75) is 26.2 Å². The van der Waals surface area contributed by atoms with Gasteiger partial charge in [-0.25, -0.2) is 4.98 Å². The number of amides is 2. The summed E-state index contributed by atoms with van der Waals surface area (Å²) in [7, 11) is 0. The van der Waals surface area contributed by atoms with Crippen molar-refractivity contribution in [2.24, 2.45) is 0 Å². The minimum atomic E-state index is -4.55. The molecule has 0 saturated carbocycles. The van der Waals surface area contributed by atoms with E-state index in [-0.39, 0.29) is 23.8 Å². The molecule has 0 saturated heterocycles. The van der Waals surface area contributed by atoms with Crippen LogP contribution in [-0.2, 0) is 24.1 Å². The van der Waals surface area contributed by atoms with E-state index in [1.165, 1.54) is 10.7 Å². The van der Waals surface area contributed by atoms with Gasteiger partial charge in [0, 0.05) is 30.0 Å². The van der Waals surface area contributed by atoms with Crippen molar-refractivity contribution in [3.05, 3.63) is 76.6 Å². The molecule has 4 rings (SSSR count). The molecule has 0 radical (unpaired) electrons. The Labute approximate surface area is 190 Å². The highest BCUT2D eigenvalue weighted by molar-refractivity contribution is 7.20. The number of anilines is 1. The van der Waals surface area contributed by atoms with Crippen LogP contribution in [0.4, 0.5) is 18.9 Å². The minimum Gasteiger partial charge on any atom is -0.347 e. The normalized spacial score (nSPS) is 11.5. The molecular formula is C22H18F3N5O2S. The fourth-order valence-corrected chi connectivity index (χ4v) is 4.33. The number of carbonyl (C=O) groups is 2. The van der Waals surface area contributed by atoms with E-state index in [9.17, 15) is 22.8 Å². The summed E-state index contributed by atoms with van der Waals surface area (Å²) in [5, 5.41) is 10.0. The number of aryl methyl sites for hydroxylation is 1. The highest BCUT2D eigenvalue weighted by Crippen LogP contribution is 2.34. The Hall–Kier alpha value is -3.73. The standard InChI is InChI=1S/C22H18F3N5O2S/c1-13-16-6-7-17(22(23,24)25)29-21(16)33-19(13)20(32)26-11-14-4-2-5-15(10-14)28-18(31)12-30-9-3-8-27-30/h2-10H,11-12H2,1H3,(H,26,32)(H,28,31). The first-order valence-corrected chi connectivity index (χ1v) is 10.6. The number of benzene rings is 1. The van der Waals surface area contributed by atoms with Crippen LogP contribution in [0.15, 0.2) is 54.9 Å². The number of carbonyl (C=O) groups excluding carboxylic acids is 2. The van der Waals surface area contributed by atoms with Gasteiger partial charge in [-0.1, -0.05) is 12.1 Å². The van der Waals surface area contributed by atoms with Crippen LogP contribution in [-0.4, -0.2) is 26.6 Å². The zero-order valence-corrected chi connectivity index (χ0v) is 18.1. The molecule has 1 aromatic carbocycles. The zero-order valence-electron chi connectivity index (χ0n) is 17.3. The van der Waals surface area contributed by atoms with Gasteiger partial charge in [0.25, 0.3) is 5.91 Å². The molecule has 0 aliphatic heterocycles. The van der Waals surface area contributed by atoms with Crippen LogP contribution >= 0.6 is 11.3 Å². The van der Waals surface area contributed by atoms with Gasteiger partial charge in [0.1, 0.15) is 17.1 Å². The van der Waals surface area contributed by atoms with Crippen molar-refractivity contribution < 1.29 is 22.8 Å². The number of hydrogen-bond acceptors (Lipinski definition) is 5. The van der Waals surface area contributed by atoms with Crippen molar-refractivity contribution in [2.75, 3.05) is 5.32 Å². The van der Waals surface area contributed by atoms with Crippen LogP contribution in [0.5, 0.6) is 0 Å². The topological polar surface area (TPSA) is 88.9 Å². The molecular weight excluding hydrogens is 455 g/mol. The summed E-state index contributed by atoms with van der Waals surface area (Å²) in [5.74, 6) is -0.649. The minimum absolute atomic E-state index is 0.0727. The average molecular weight is 473 g/mol. The third-order valence-electron chi connectivity index (χ3n) is 4.83. The van der Waals surface area contributed by atoms with Gasteiger partial charge >= 0.3 is 6.18 Å². The molecule has 0 aliphatic carbocycles. The fraction of sp³-hybridized carbons (Fsp3) is 0.182. The lowest BCUT2D eigenvalue weighted by molar-refractivity contribution is -0.140. The maximum atomic E-state index is 12.9. The SMILES string of the molecule is Cc1c(C(=O)NCc2cccc(NC(=O)Cn3cccn3)c2)sc2nc(C(F)(F)F)ccc12. The van der Waals surface area contributed by atoms with Crippen molar-refractivity contribution in [3.63, 3.8) is 0 Å². The van der Waals surface area contributed by atoms with Crippen molar-refractivity contribution in [1.82, 2.24) is 20.1 Å². The molecule has 33 heavy (non-hydrogen) atoms. The van der Waals surface area contributed by atoms with Gasteiger partial charge in [0.2, 0.25) is 5.91 Å². The smallest absolute Gasteiger partial charge is 0.347 e. The van der Waals surface area contributed by atoms with Crippen molar-refractivity contribution in [1.29, 1.82) is 0 Å². The van der Waals surface area contributed by atoms with Gasteiger partial charge in [-0.2, -0.15) is 18.3 Å². The lowest BCUT2D eigenvalue weighted by atomic mass is 10.1. The summed E-state index contributed by atoms with van der Waals surface area (Å²) >= 11 is 0.922. The Morgan fingerprint density at radius 3 is 2.70 bits per heavy atom. The molecule has 2 N–H and O–H groups in total. The molecule has 2 amide bonds. The fourth-order valence-electron chi connectivity index (χ4n) is 3.24. The molecule has 3 aromatic heterocycles. The number of aromatic nitrogens is 3. The summed E-state index contributed by atoms with van der Waals surface area (Å²) in [6.07, 6.45) is -1.28. The second-order valence-corrected chi connectivity index (χ2v) is 8.24. The van der Waals surface area contributed by atoms with Crippen LogP contribution in [0.1, 0.15) is 26.5 Å². The highest BCUT2D eigenvalue weighted by atomic mass is 32.1. The largest absolute Gasteiger partial charge is 0.433 e. The van der Waals surface area contributed by atoms with E-state index < -0.39 is 17.8 Å². The number of nitrogens with one attached hydrogen (secondary N) is 2. The molecule has 170 valence electrons. The van der Waals surface area contributed by atoms with Gasteiger partial charge in [0.05, 0.1) is 4.88 Å².